The first-order valence-electron chi connectivity index (χ1n) is 16.9. The van der Waals surface area contributed by atoms with Crippen LogP contribution < -0.4 is 0 Å². The fraction of sp³-hybridized carbons (Fsp3) is 1.00. The molecule has 6 aliphatic rings. The molecule has 0 radical (unpaired) electrons. The maximum absolute atomic E-state index is 2.39. The van der Waals surface area contributed by atoms with Gasteiger partial charge in [-0.3, -0.25) is 0 Å². The molecule has 0 aromatic rings. The monoisotopic (exact) mass is 495 g/mol. The maximum atomic E-state index is 2.39. The van der Waals surface area contributed by atoms with E-state index in [0.717, 1.165) is 40.4 Å². The van der Waals surface area contributed by atoms with E-state index in [1.165, 1.54) is 24.7 Å². The zero-order chi connectivity index (χ0) is 27.8. The molecule has 6 fully saturated rings. The predicted molar refractivity (Wildman–Crippen MR) is 165 cm³/mol. The SMILES string of the molecule is CC.CC.CC.CC.CC.CC(C)C1CC2CC2C1.CC(C)C1CCC12CCC2.CC1CC12CC2. The minimum absolute atomic E-state index is 0.883. The van der Waals surface area contributed by atoms with Gasteiger partial charge in [0.05, 0.1) is 0 Å². The summed E-state index contributed by atoms with van der Waals surface area (Å²) < 4.78 is 0. The molecule has 0 aromatic heterocycles. The van der Waals surface area contributed by atoms with E-state index < -0.39 is 0 Å². The first kappa shape index (κ1) is 37.2. The second-order valence-corrected chi connectivity index (χ2v) is 11.8. The summed E-state index contributed by atoms with van der Waals surface area (Å²) in [5.41, 5.74) is 1.84. The van der Waals surface area contributed by atoms with Gasteiger partial charge >= 0.3 is 0 Å². The van der Waals surface area contributed by atoms with E-state index in [1.54, 1.807) is 57.8 Å². The molecule has 4 atom stereocenters. The Kier molecular flexibility index (Phi) is 20.3. The largest absolute Gasteiger partial charge is 0.0683 e. The van der Waals surface area contributed by atoms with Crippen molar-refractivity contribution in [3.8, 4) is 0 Å². The van der Waals surface area contributed by atoms with Gasteiger partial charge in [-0.2, -0.15) is 0 Å². The van der Waals surface area contributed by atoms with Crippen LogP contribution in [0, 0.1) is 52.3 Å². The minimum atomic E-state index is 0.883. The van der Waals surface area contributed by atoms with Crippen LogP contribution in [-0.2, 0) is 0 Å². The van der Waals surface area contributed by atoms with Crippen LogP contribution in [0.4, 0.5) is 0 Å². The summed E-state index contributed by atoms with van der Waals surface area (Å²) in [6.07, 6.45) is 17.0. The molecule has 0 heterocycles. The van der Waals surface area contributed by atoms with Crippen LogP contribution in [0.3, 0.4) is 0 Å². The summed E-state index contributed by atoms with van der Waals surface area (Å²) in [5, 5.41) is 0. The zero-order valence-corrected chi connectivity index (χ0v) is 27.8. The summed E-state index contributed by atoms with van der Waals surface area (Å²) >= 11 is 0. The minimum Gasteiger partial charge on any atom is -0.0683 e. The van der Waals surface area contributed by atoms with E-state index in [9.17, 15) is 0 Å². The van der Waals surface area contributed by atoms with Crippen LogP contribution in [-0.4, -0.2) is 0 Å². The molecule has 0 nitrogen and oxygen atoms in total. The smallest absolute Gasteiger partial charge is 0.0267 e. The van der Waals surface area contributed by atoms with Gasteiger partial charge in [0.2, 0.25) is 0 Å². The van der Waals surface area contributed by atoms with E-state index in [2.05, 4.69) is 34.6 Å². The third-order valence-electron chi connectivity index (χ3n) is 9.61. The van der Waals surface area contributed by atoms with E-state index in [0.29, 0.717) is 0 Å². The quantitative estimate of drug-likeness (QED) is 0.358. The lowest BCUT2D eigenvalue weighted by atomic mass is 9.47. The third kappa shape index (κ3) is 11.1. The number of rotatable bonds is 2. The summed E-state index contributed by atoms with van der Waals surface area (Å²) in [6, 6.07) is 0. The molecule has 0 saturated heterocycles. The molecule has 214 valence electrons. The van der Waals surface area contributed by atoms with Gasteiger partial charge in [-0.25, -0.2) is 0 Å². The third-order valence-corrected chi connectivity index (χ3v) is 9.61. The Bertz CT molecular complexity index is 449. The fourth-order valence-electron chi connectivity index (χ4n) is 6.73. The molecule has 2 spiro atoms. The van der Waals surface area contributed by atoms with Crippen molar-refractivity contribution in [1.29, 1.82) is 0 Å². The summed E-state index contributed by atoms with van der Waals surface area (Å²) in [7, 11) is 0. The number of hydrogen-bond donors (Lipinski definition) is 0. The number of hydrogen-bond acceptors (Lipinski definition) is 0. The Morgan fingerprint density at radius 1 is 0.543 bits per heavy atom. The van der Waals surface area contributed by atoms with Crippen molar-refractivity contribution >= 4 is 0 Å². The van der Waals surface area contributed by atoms with E-state index in [-0.39, 0.29) is 0 Å². The highest BCUT2D eigenvalue weighted by Crippen LogP contribution is 2.70. The van der Waals surface area contributed by atoms with Crippen LogP contribution in [0.25, 0.3) is 0 Å². The predicted octanol–water partition coefficient (Wildman–Crippen LogP) is 12.8. The highest BCUT2D eigenvalue weighted by atomic mass is 14.6. The first-order valence-corrected chi connectivity index (χ1v) is 16.9. The lowest BCUT2D eigenvalue weighted by molar-refractivity contribution is -0.0729. The van der Waals surface area contributed by atoms with Crippen molar-refractivity contribution in [3.63, 3.8) is 0 Å². The maximum Gasteiger partial charge on any atom is -0.0267 e. The topological polar surface area (TPSA) is 0 Å². The normalized spacial score (nSPS) is 31.3. The summed E-state index contributed by atoms with van der Waals surface area (Å²) in [4.78, 5) is 0. The van der Waals surface area contributed by atoms with Crippen molar-refractivity contribution in [2.24, 2.45) is 52.3 Å². The van der Waals surface area contributed by atoms with Crippen LogP contribution in [0.15, 0.2) is 0 Å². The molecule has 0 amide bonds. The second kappa shape index (κ2) is 19.1. The van der Waals surface area contributed by atoms with Gasteiger partial charge < -0.3 is 0 Å². The van der Waals surface area contributed by atoms with Gasteiger partial charge in [0, 0.05) is 0 Å². The molecule has 0 N–H and O–H groups in total. The molecule has 0 bridgehead atoms. The van der Waals surface area contributed by atoms with Crippen LogP contribution in [0.5, 0.6) is 0 Å². The van der Waals surface area contributed by atoms with Crippen LogP contribution >= 0.6 is 0 Å². The van der Waals surface area contributed by atoms with Crippen molar-refractivity contribution in [1.82, 2.24) is 0 Å². The van der Waals surface area contributed by atoms with Crippen molar-refractivity contribution in [2.45, 2.75) is 174 Å². The van der Waals surface area contributed by atoms with E-state index >= 15 is 0 Å². The van der Waals surface area contributed by atoms with Crippen molar-refractivity contribution in [3.05, 3.63) is 0 Å². The molecule has 4 unspecified atom stereocenters. The molecule has 6 rings (SSSR count). The molecular formula is C35H74. The molecule has 6 saturated carbocycles. The van der Waals surface area contributed by atoms with Gasteiger partial charge in [0.1, 0.15) is 0 Å². The second-order valence-electron chi connectivity index (χ2n) is 11.8. The van der Waals surface area contributed by atoms with Crippen molar-refractivity contribution in [2.75, 3.05) is 0 Å². The standard InChI is InChI=1S/C10H18.C9H16.C6H10.5C2H6/c1-8(2)9-4-7-10(9)5-3-6-10;1-6(2)7-3-8-5-9(8)4-7;1-5-4-6(5)2-3-6;5*1-2/h8-9H,3-7H2,1-2H3;6-9H,3-5H2,1-2H3;5H,2-4H2,1H3;5*1-2H3. The van der Waals surface area contributed by atoms with Gasteiger partial charge in [-0.1, -0.05) is 110 Å². The lowest BCUT2D eigenvalue weighted by Crippen LogP contribution is -2.47. The average Bonchev–Trinajstić information content (AvgIpc) is 3.81. The van der Waals surface area contributed by atoms with E-state index in [4.69, 9.17) is 0 Å². The molecule has 35 heavy (non-hydrogen) atoms. The zero-order valence-electron chi connectivity index (χ0n) is 27.8. The first-order chi connectivity index (χ1) is 16.9. The van der Waals surface area contributed by atoms with Crippen molar-refractivity contribution < 1.29 is 0 Å². The number of fused-ring (bicyclic) bond motifs is 1. The Hall–Kier alpha value is 0. The van der Waals surface area contributed by atoms with Gasteiger partial charge in [-0.15, -0.1) is 0 Å². The highest BCUT2D eigenvalue weighted by molar-refractivity contribution is 5.10. The van der Waals surface area contributed by atoms with Gasteiger partial charge in [-0.05, 0) is 116 Å². The van der Waals surface area contributed by atoms with Gasteiger partial charge in [0.15, 0.2) is 0 Å². The highest BCUT2D eigenvalue weighted by Gasteiger charge is 2.59. The Balaban J connectivity index is 0. The fourth-order valence-corrected chi connectivity index (χ4v) is 6.73. The molecule has 0 heteroatoms. The van der Waals surface area contributed by atoms with E-state index in [1.807, 2.05) is 69.2 Å². The molecule has 0 aliphatic heterocycles. The van der Waals surface area contributed by atoms with Gasteiger partial charge in [0.25, 0.3) is 0 Å². The summed E-state index contributed by atoms with van der Waals surface area (Å²) in [6.45, 7) is 31.9. The Labute approximate surface area is 226 Å². The Morgan fingerprint density at radius 2 is 0.971 bits per heavy atom. The van der Waals surface area contributed by atoms with Crippen LogP contribution in [0.2, 0.25) is 0 Å². The Morgan fingerprint density at radius 3 is 1.09 bits per heavy atom. The molecular weight excluding hydrogens is 420 g/mol. The van der Waals surface area contributed by atoms with Crippen LogP contribution in [0.1, 0.15) is 174 Å². The molecule has 0 aromatic carbocycles. The lowest BCUT2D eigenvalue weighted by Gasteiger charge is -2.58. The molecule has 6 aliphatic carbocycles. The summed E-state index contributed by atoms with van der Waals surface area (Å²) in [5.74, 6) is 7.56. The average molecular weight is 495 g/mol.